The molecule has 1 aliphatic heterocycles. The van der Waals surface area contributed by atoms with E-state index in [-0.39, 0.29) is 12.5 Å². The topological polar surface area (TPSA) is 113 Å². The number of amides is 1. The molecule has 2 N–H and O–H groups in total. The minimum atomic E-state index is -0.394. The van der Waals surface area contributed by atoms with E-state index in [0.29, 0.717) is 42.7 Å². The van der Waals surface area contributed by atoms with Crippen molar-refractivity contribution < 1.29 is 19.0 Å². The first kappa shape index (κ1) is 21.5. The number of nitrogen functional groups attached to an aromatic ring is 1. The fourth-order valence-corrected chi connectivity index (χ4v) is 3.60. The average Bonchev–Trinajstić information content (AvgIpc) is 2.83. The molecule has 0 spiro atoms. The van der Waals surface area contributed by atoms with Crippen molar-refractivity contribution >= 4 is 11.7 Å². The molecule has 2 aromatic heterocycles. The molecule has 166 valence electrons. The van der Waals surface area contributed by atoms with E-state index < -0.39 is 6.10 Å². The Morgan fingerprint density at radius 2 is 2.12 bits per heavy atom. The minimum Gasteiger partial charge on any atom is -0.493 e. The molecule has 1 amide bonds. The van der Waals surface area contributed by atoms with Gasteiger partial charge in [-0.05, 0) is 42.3 Å². The van der Waals surface area contributed by atoms with Gasteiger partial charge in [0.2, 0.25) is 0 Å². The number of pyridine rings is 1. The highest BCUT2D eigenvalue weighted by atomic mass is 16.5. The minimum absolute atomic E-state index is 0.0936. The second-order valence-corrected chi connectivity index (χ2v) is 7.43. The number of anilines is 1. The van der Waals surface area contributed by atoms with E-state index in [0.717, 1.165) is 16.7 Å². The molecule has 9 nitrogen and oxygen atoms in total. The van der Waals surface area contributed by atoms with Gasteiger partial charge in [-0.1, -0.05) is 6.07 Å². The average molecular weight is 435 g/mol. The predicted octanol–water partition coefficient (Wildman–Crippen LogP) is 2.42. The van der Waals surface area contributed by atoms with Gasteiger partial charge in [0.05, 0.1) is 26.0 Å². The summed E-state index contributed by atoms with van der Waals surface area (Å²) in [5.41, 5.74) is 9.22. The maximum Gasteiger partial charge on any atom is 0.260 e. The van der Waals surface area contributed by atoms with E-state index in [4.69, 9.17) is 19.9 Å². The fourth-order valence-electron chi connectivity index (χ4n) is 3.60. The number of nitrogens with two attached hydrogens (primary N) is 1. The Morgan fingerprint density at radius 3 is 2.94 bits per heavy atom. The van der Waals surface area contributed by atoms with Crippen LogP contribution in [0.2, 0.25) is 0 Å². The second-order valence-electron chi connectivity index (χ2n) is 7.43. The lowest BCUT2D eigenvalue weighted by Gasteiger charge is -2.33. The Morgan fingerprint density at radius 1 is 1.25 bits per heavy atom. The van der Waals surface area contributed by atoms with E-state index in [9.17, 15) is 4.79 Å². The summed E-state index contributed by atoms with van der Waals surface area (Å²) in [5, 5.41) is 0. The molecule has 32 heavy (non-hydrogen) atoms. The van der Waals surface area contributed by atoms with Crippen LogP contribution >= 0.6 is 0 Å². The molecule has 1 atom stereocenters. The van der Waals surface area contributed by atoms with Crippen LogP contribution in [0.1, 0.15) is 17.4 Å². The number of hydrogen-bond acceptors (Lipinski definition) is 8. The number of rotatable bonds is 6. The zero-order chi connectivity index (χ0) is 22.5. The van der Waals surface area contributed by atoms with Crippen molar-refractivity contribution in [3.63, 3.8) is 0 Å². The van der Waals surface area contributed by atoms with Gasteiger partial charge >= 0.3 is 0 Å². The van der Waals surface area contributed by atoms with Gasteiger partial charge < -0.3 is 24.8 Å². The molecule has 1 fully saturated rings. The molecule has 1 aliphatic rings. The van der Waals surface area contributed by atoms with Crippen LogP contribution in [0.4, 0.5) is 5.82 Å². The molecule has 0 saturated carbocycles. The highest BCUT2D eigenvalue weighted by Gasteiger charge is 2.28. The number of benzene rings is 1. The predicted molar refractivity (Wildman–Crippen MR) is 118 cm³/mol. The summed E-state index contributed by atoms with van der Waals surface area (Å²) in [6, 6.07) is 9.18. The number of aromatic nitrogens is 3. The third kappa shape index (κ3) is 4.78. The quantitative estimate of drug-likeness (QED) is 0.628. The zero-order valence-corrected chi connectivity index (χ0v) is 18.0. The molecule has 4 rings (SSSR count). The molecule has 9 heteroatoms. The van der Waals surface area contributed by atoms with E-state index in [1.165, 1.54) is 6.33 Å². The Hall–Kier alpha value is -3.72. The highest BCUT2D eigenvalue weighted by molar-refractivity contribution is 5.78. The van der Waals surface area contributed by atoms with Gasteiger partial charge in [0.1, 0.15) is 18.2 Å². The van der Waals surface area contributed by atoms with Crippen LogP contribution < -0.4 is 15.2 Å². The standard InChI is InChI=1S/C23H25N5O4/c1-15-3-4-18(19(9-15)30-2)32-13-22(29)28-7-8-31-20(12-28)23-17(11-25-14-27-23)16-5-6-26-21(24)10-16/h3-6,9-11,14,20H,7-8,12-13H2,1-2H3,(H2,24,26)/t20-/m0/s1. The summed E-state index contributed by atoms with van der Waals surface area (Å²) in [5.74, 6) is 1.40. The normalized spacial score (nSPS) is 15.9. The number of methoxy groups -OCH3 is 1. The van der Waals surface area contributed by atoms with Crippen LogP contribution in [0, 0.1) is 6.92 Å². The first-order chi connectivity index (χ1) is 15.5. The van der Waals surface area contributed by atoms with E-state index in [2.05, 4.69) is 15.0 Å². The van der Waals surface area contributed by atoms with Crippen molar-refractivity contribution in [2.24, 2.45) is 0 Å². The van der Waals surface area contributed by atoms with Gasteiger partial charge in [-0.25, -0.2) is 15.0 Å². The summed E-state index contributed by atoms with van der Waals surface area (Å²) in [6.45, 7) is 3.10. The van der Waals surface area contributed by atoms with Crippen LogP contribution in [-0.4, -0.2) is 59.2 Å². The molecule has 0 radical (unpaired) electrons. The Kier molecular flexibility index (Phi) is 6.46. The van der Waals surface area contributed by atoms with Gasteiger partial charge in [-0.3, -0.25) is 4.79 Å². The van der Waals surface area contributed by atoms with Crippen LogP contribution in [0.25, 0.3) is 11.1 Å². The smallest absolute Gasteiger partial charge is 0.260 e. The molecule has 1 aromatic carbocycles. The maximum absolute atomic E-state index is 12.9. The summed E-state index contributed by atoms with van der Waals surface area (Å²) < 4.78 is 17.0. The maximum atomic E-state index is 12.9. The molecular weight excluding hydrogens is 410 g/mol. The number of carbonyl (C=O) groups excluding carboxylic acids is 1. The van der Waals surface area contributed by atoms with Crippen LogP contribution in [0.5, 0.6) is 11.5 Å². The van der Waals surface area contributed by atoms with Crippen LogP contribution in [0.3, 0.4) is 0 Å². The van der Waals surface area contributed by atoms with E-state index in [1.807, 2.05) is 25.1 Å². The number of nitrogens with zero attached hydrogens (tertiary/aromatic N) is 4. The molecule has 0 aliphatic carbocycles. The Balaban J connectivity index is 1.47. The van der Waals surface area contributed by atoms with Crippen LogP contribution in [-0.2, 0) is 9.53 Å². The summed E-state index contributed by atoms with van der Waals surface area (Å²) in [7, 11) is 1.58. The largest absolute Gasteiger partial charge is 0.493 e. The highest BCUT2D eigenvalue weighted by Crippen LogP contribution is 2.31. The van der Waals surface area contributed by atoms with Crippen molar-refractivity contribution in [1.82, 2.24) is 19.9 Å². The second kappa shape index (κ2) is 9.61. The summed E-state index contributed by atoms with van der Waals surface area (Å²) in [4.78, 5) is 27.2. The van der Waals surface area contributed by atoms with Gasteiger partial charge in [0.15, 0.2) is 18.1 Å². The van der Waals surface area contributed by atoms with E-state index >= 15 is 0 Å². The van der Waals surface area contributed by atoms with Gasteiger partial charge in [0, 0.05) is 24.5 Å². The first-order valence-corrected chi connectivity index (χ1v) is 10.2. The lowest BCUT2D eigenvalue weighted by atomic mass is 10.0. The SMILES string of the molecule is COc1cc(C)ccc1OCC(=O)N1CCO[C@H](c2ncncc2-c2ccnc(N)c2)C1. The Bertz CT molecular complexity index is 1110. The van der Waals surface area contributed by atoms with Crippen molar-refractivity contribution in [2.75, 3.05) is 39.1 Å². The van der Waals surface area contributed by atoms with Gasteiger partial charge in [-0.15, -0.1) is 0 Å². The summed E-state index contributed by atoms with van der Waals surface area (Å²) in [6.07, 6.45) is 4.43. The lowest BCUT2D eigenvalue weighted by Crippen LogP contribution is -2.44. The number of hydrogen-bond donors (Lipinski definition) is 1. The molecule has 0 unspecified atom stereocenters. The third-order valence-electron chi connectivity index (χ3n) is 5.23. The number of carbonyl (C=O) groups is 1. The number of morpholine rings is 1. The summed E-state index contributed by atoms with van der Waals surface area (Å²) >= 11 is 0. The molecule has 3 aromatic rings. The van der Waals surface area contributed by atoms with Crippen molar-refractivity contribution in [3.05, 3.63) is 60.3 Å². The Labute approximate surface area is 186 Å². The molecule has 0 bridgehead atoms. The van der Waals surface area contributed by atoms with Gasteiger partial charge in [-0.2, -0.15) is 0 Å². The molecule has 3 heterocycles. The lowest BCUT2D eigenvalue weighted by molar-refractivity contribution is -0.141. The third-order valence-corrected chi connectivity index (χ3v) is 5.23. The van der Waals surface area contributed by atoms with Crippen molar-refractivity contribution in [3.8, 4) is 22.6 Å². The van der Waals surface area contributed by atoms with Crippen molar-refractivity contribution in [1.29, 1.82) is 0 Å². The zero-order valence-electron chi connectivity index (χ0n) is 18.0. The van der Waals surface area contributed by atoms with Crippen molar-refractivity contribution in [2.45, 2.75) is 13.0 Å². The first-order valence-electron chi connectivity index (χ1n) is 10.2. The monoisotopic (exact) mass is 435 g/mol. The van der Waals surface area contributed by atoms with Gasteiger partial charge in [0.25, 0.3) is 5.91 Å². The fraction of sp³-hybridized carbons (Fsp3) is 0.304. The van der Waals surface area contributed by atoms with E-state index in [1.54, 1.807) is 36.5 Å². The molecule has 1 saturated heterocycles. The molecular formula is C23H25N5O4. The number of ether oxygens (including phenoxy) is 3. The number of aryl methyl sites for hydroxylation is 1. The van der Waals surface area contributed by atoms with Crippen LogP contribution in [0.15, 0.2) is 49.1 Å².